The van der Waals surface area contributed by atoms with Crippen LogP contribution in [0.25, 0.3) is 0 Å². The number of aldehydes is 1. The first-order valence-corrected chi connectivity index (χ1v) is 14.1. The maximum Gasteiger partial charge on any atom is 0.253 e. The summed E-state index contributed by atoms with van der Waals surface area (Å²) in [6.07, 6.45) is -1.13. The van der Waals surface area contributed by atoms with E-state index in [9.17, 15) is 9.90 Å². The highest BCUT2D eigenvalue weighted by atomic mass is 16.7. The fraction of sp³-hybridized carbons (Fsp3) is 0.250. The van der Waals surface area contributed by atoms with Crippen molar-refractivity contribution in [3.05, 3.63) is 150 Å². The molecular weight excluding hydrogens is 544 g/mol. The Hall–Kier alpha value is -4.11. The molecule has 0 heterocycles. The van der Waals surface area contributed by atoms with Crippen LogP contribution in [0.15, 0.2) is 128 Å². The van der Waals surface area contributed by atoms with Crippen LogP contribution in [0.4, 0.5) is 0 Å². The Balaban J connectivity index is 1.65. The second-order valence-electron chi connectivity index (χ2n) is 9.98. The molecule has 4 atom stereocenters. The van der Waals surface area contributed by atoms with Gasteiger partial charge in [0.1, 0.15) is 24.1 Å². The van der Waals surface area contributed by atoms with E-state index >= 15 is 0 Å². The van der Waals surface area contributed by atoms with Gasteiger partial charge in [0, 0.05) is 0 Å². The number of rotatable bonds is 18. The molecule has 0 saturated heterocycles. The van der Waals surface area contributed by atoms with Gasteiger partial charge in [0.2, 0.25) is 0 Å². The Bertz CT molecular complexity index is 1360. The lowest BCUT2D eigenvalue weighted by Crippen LogP contribution is -2.57. The van der Waals surface area contributed by atoms with Crippen molar-refractivity contribution in [2.24, 2.45) is 0 Å². The van der Waals surface area contributed by atoms with Gasteiger partial charge in [0.25, 0.3) is 5.79 Å². The molecule has 1 N–H and O–H groups in total. The first-order chi connectivity index (χ1) is 21.0. The van der Waals surface area contributed by atoms with Crippen LogP contribution in [0.3, 0.4) is 0 Å². The van der Waals surface area contributed by atoms with E-state index in [1.165, 1.54) is 0 Å². The number of benzene rings is 4. The third kappa shape index (κ3) is 9.44. The third-order valence-electron chi connectivity index (χ3n) is 6.90. The molecule has 0 amide bonds. The molecule has 4 aromatic rings. The van der Waals surface area contributed by atoms with Crippen LogP contribution in [0.2, 0.25) is 0 Å². The minimum Gasteiger partial charge on any atom is -0.497 e. The molecule has 0 aliphatic heterocycles. The number of hydrogen-bond acceptors (Lipinski definition) is 7. The zero-order valence-corrected chi connectivity index (χ0v) is 24.3. The lowest BCUT2D eigenvalue weighted by atomic mass is 9.99. The minimum atomic E-state index is -2.40. The van der Waals surface area contributed by atoms with Crippen molar-refractivity contribution in [3.8, 4) is 5.75 Å². The van der Waals surface area contributed by atoms with Gasteiger partial charge in [-0.15, -0.1) is 6.58 Å². The largest absolute Gasteiger partial charge is 0.497 e. The van der Waals surface area contributed by atoms with Crippen LogP contribution in [0, 0.1) is 0 Å². The van der Waals surface area contributed by atoms with Gasteiger partial charge < -0.3 is 28.8 Å². The Morgan fingerprint density at radius 1 is 0.674 bits per heavy atom. The fourth-order valence-electron chi connectivity index (χ4n) is 4.50. The molecule has 7 heteroatoms. The maximum atomic E-state index is 12.7. The van der Waals surface area contributed by atoms with Crippen molar-refractivity contribution >= 4 is 6.29 Å². The van der Waals surface area contributed by atoms with Crippen LogP contribution in [-0.2, 0) is 50.2 Å². The van der Waals surface area contributed by atoms with Gasteiger partial charge in [-0.25, -0.2) is 0 Å². The SMILES string of the molecule is C=C[C@@H](OCc1ccccc1)[C@H](OCc1ccccc1)[C@@H](OCc1ccccc1)[C@@](O)(C=O)OCc1ccc(OC)cc1. The molecule has 0 spiro atoms. The predicted molar refractivity (Wildman–Crippen MR) is 164 cm³/mol. The predicted octanol–water partition coefficient (Wildman–Crippen LogP) is 6.04. The molecule has 7 nitrogen and oxygen atoms in total. The van der Waals surface area contributed by atoms with Crippen LogP contribution in [-0.4, -0.2) is 42.6 Å². The van der Waals surface area contributed by atoms with Gasteiger partial charge >= 0.3 is 0 Å². The molecule has 43 heavy (non-hydrogen) atoms. The smallest absolute Gasteiger partial charge is 0.253 e. The van der Waals surface area contributed by atoms with Gasteiger partial charge in [0.15, 0.2) is 6.29 Å². The lowest BCUT2D eigenvalue weighted by molar-refractivity contribution is -0.283. The molecule has 0 radical (unpaired) electrons. The van der Waals surface area contributed by atoms with E-state index in [1.807, 2.05) is 91.0 Å². The highest BCUT2D eigenvalue weighted by Crippen LogP contribution is 2.28. The highest BCUT2D eigenvalue weighted by molar-refractivity contribution is 5.61. The molecule has 4 rings (SSSR count). The standard InChI is InChI=1S/C36H38O7/c1-3-33(40-23-28-13-7-4-8-14-28)34(41-24-29-15-9-5-10-16-29)35(42-25-30-17-11-6-12-18-30)36(38,27-37)43-26-31-19-21-32(39-2)22-20-31/h3-22,27,33-35,38H,1,23-26H2,2H3/t33-,34+,35-,36-/m1/s1. The average Bonchev–Trinajstić information content (AvgIpc) is 3.07. The molecule has 0 saturated carbocycles. The number of aliphatic hydroxyl groups is 1. The fourth-order valence-corrected chi connectivity index (χ4v) is 4.50. The van der Waals surface area contributed by atoms with E-state index in [1.54, 1.807) is 37.5 Å². The normalized spacial score (nSPS) is 14.7. The number of carbonyl (C=O) groups excluding carboxylic acids is 1. The molecular formula is C36H38O7. The zero-order valence-electron chi connectivity index (χ0n) is 24.3. The van der Waals surface area contributed by atoms with E-state index in [0.29, 0.717) is 12.0 Å². The highest BCUT2D eigenvalue weighted by Gasteiger charge is 2.47. The Morgan fingerprint density at radius 2 is 1.14 bits per heavy atom. The summed E-state index contributed by atoms with van der Waals surface area (Å²) < 4.78 is 30.2. The van der Waals surface area contributed by atoms with Gasteiger partial charge in [0.05, 0.1) is 33.5 Å². The number of hydrogen-bond donors (Lipinski definition) is 1. The van der Waals surface area contributed by atoms with E-state index in [0.717, 1.165) is 22.3 Å². The summed E-state index contributed by atoms with van der Waals surface area (Å²) in [5, 5.41) is 11.8. The van der Waals surface area contributed by atoms with Crippen molar-refractivity contribution in [1.82, 2.24) is 0 Å². The molecule has 0 aliphatic carbocycles. The second kappa shape index (κ2) is 16.5. The first kappa shape index (κ1) is 31.8. The summed E-state index contributed by atoms with van der Waals surface area (Å²) in [7, 11) is 1.58. The molecule has 4 aromatic carbocycles. The summed E-state index contributed by atoms with van der Waals surface area (Å²) in [4.78, 5) is 12.7. The average molecular weight is 583 g/mol. The molecule has 0 unspecified atom stereocenters. The van der Waals surface area contributed by atoms with E-state index in [4.69, 9.17) is 23.7 Å². The van der Waals surface area contributed by atoms with Crippen molar-refractivity contribution in [1.29, 1.82) is 0 Å². The van der Waals surface area contributed by atoms with Crippen molar-refractivity contribution < 1.29 is 33.6 Å². The summed E-state index contributed by atoms with van der Waals surface area (Å²) in [5.41, 5.74) is 3.41. The maximum absolute atomic E-state index is 12.7. The minimum absolute atomic E-state index is 0.0700. The molecule has 224 valence electrons. The Labute approximate surface area is 253 Å². The monoisotopic (exact) mass is 582 g/mol. The van der Waals surface area contributed by atoms with E-state index in [-0.39, 0.29) is 26.4 Å². The summed E-state index contributed by atoms with van der Waals surface area (Å²) in [6, 6.07) is 35.9. The Morgan fingerprint density at radius 3 is 1.60 bits per heavy atom. The summed E-state index contributed by atoms with van der Waals surface area (Å²) >= 11 is 0. The zero-order chi connectivity index (χ0) is 30.3. The number of carbonyl (C=O) groups is 1. The third-order valence-corrected chi connectivity index (χ3v) is 6.90. The van der Waals surface area contributed by atoms with Gasteiger partial charge in [-0.2, -0.15) is 0 Å². The van der Waals surface area contributed by atoms with Crippen LogP contribution < -0.4 is 4.74 Å². The van der Waals surface area contributed by atoms with Crippen molar-refractivity contribution in [2.75, 3.05) is 7.11 Å². The van der Waals surface area contributed by atoms with Crippen LogP contribution >= 0.6 is 0 Å². The molecule has 0 bridgehead atoms. The molecule has 0 fully saturated rings. The van der Waals surface area contributed by atoms with Crippen LogP contribution in [0.5, 0.6) is 5.75 Å². The van der Waals surface area contributed by atoms with Crippen molar-refractivity contribution in [3.63, 3.8) is 0 Å². The quantitative estimate of drug-likeness (QED) is 0.0870. The first-order valence-electron chi connectivity index (χ1n) is 14.1. The lowest BCUT2D eigenvalue weighted by Gasteiger charge is -2.39. The topological polar surface area (TPSA) is 83.5 Å². The van der Waals surface area contributed by atoms with Crippen LogP contribution in [0.1, 0.15) is 22.3 Å². The van der Waals surface area contributed by atoms with Crippen molar-refractivity contribution in [2.45, 2.75) is 50.5 Å². The molecule has 0 aliphatic rings. The summed E-state index contributed by atoms with van der Waals surface area (Å²) in [6.45, 7) is 4.42. The van der Waals surface area contributed by atoms with Gasteiger partial charge in [-0.1, -0.05) is 109 Å². The molecule has 0 aromatic heterocycles. The van der Waals surface area contributed by atoms with E-state index in [2.05, 4.69) is 6.58 Å². The summed E-state index contributed by atoms with van der Waals surface area (Å²) in [5.74, 6) is -1.72. The second-order valence-corrected chi connectivity index (χ2v) is 9.98. The van der Waals surface area contributed by atoms with Gasteiger partial charge in [-0.3, -0.25) is 4.79 Å². The van der Waals surface area contributed by atoms with Gasteiger partial charge in [-0.05, 0) is 34.4 Å². The van der Waals surface area contributed by atoms with E-state index < -0.39 is 24.1 Å². The number of methoxy groups -OCH3 is 1. The Kier molecular flexibility index (Phi) is 12.2. The number of ether oxygens (including phenoxy) is 5.